The van der Waals surface area contributed by atoms with Gasteiger partial charge in [0.2, 0.25) is 0 Å². The Morgan fingerprint density at radius 3 is 2.69 bits per heavy atom. The highest BCUT2D eigenvalue weighted by atomic mass is 32.2. The molecule has 3 heteroatoms. The monoisotopic (exact) mass is 234 g/mol. The topological polar surface area (TPSA) is 35.8 Å². The third kappa shape index (κ3) is 3.79. The molecule has 0 aromatic heterocycles. The molecule has 1 N–H and O–H groups in total. The van der Waals surface area contributed by atoms with Crippen molar-refractivity contribution in [2.45, 2.75) is 25.2 Å². The van der Waals surface area contributed by atoms with Crippen molar-refractivity contribution in [1.29, 1.82) is 5.26 Å². The molecule has 0 atom stereocenters. The van der Waals surface area contributed by atoms with Gasteiger partial charge in [0.05, 0.1) is 11.5 Å². The van der Waals surface area contributed by atoms with Crippen LogP contribution >= 0.6 is 11.8 Å². The lowest BCUT2D eigenvalue weighted by Crippen LogP contribution is -2.14. The van der Waals surface area contributed by atoms with Gasteiger partial charge in [0.1, 0.15) is 0 Å². The van der Waals surface area contributed by atoms with E-state index in [1.54, 1.807) is 11.8 Å². The highest BCUT2D eigenvalue weighted by Crippen LogP contribution is 2.25. The summed E-state index contributed by atoms with van der Waals surface area (Å²) in [5.74, 6) is 0. The van der Waals surface area contributed by atoms with Gasteiger partial charge in [0.25, 0.3) is 0 Å². The fourth-order valence-corrected chi connectivity index (χ4v) is 1.93. The highest BCUT2D eigenvalue weighted by molar-refractivity contribution is 7.98. The molecule has 0 saturated heterocycles. The lowest BCUT2D eigenvalue weighted by Gasteiger charge is -2.16. The van der Waals surface area contributed by atoms with Gasteiger partial charge in [0.15, 0.2) is 0 Å². The van der Waals surface area contributed by atoms with E-state index in [-0.39, 0.29) is 5.41 Å². The van der Waals surface area contributed by atoms with Crippen LogP contribution in [-0.4, -0.2) is 12.8 Å². The normalized spacial score (nSPS) is 10.9. The molecule has 0 aliphatic heterocycles. The summed E-state index contributed by atoms with van der Waals surface area (Å²) in [6.45, 7) is 4.77. The minimum atomic E-state index is -0.249. The maximum atomic E-state index is 8.91. The van der Waals surface area contributed by atoms with E-state index in [9.17, 15) is 0 Å². The SMILES string of the molecule is CSc1ccccc1NCCC(C)(C)C#N. The van der Waals surface area contributed by atoms with Crippen LogP contribution in [0, 0.1) is 16.7 Å². The van der Waals surface area contributed by atoms with Crippen molar-refractivity contribution in [2.24, 2.45) is 5.41 Å². The summed E-state index contributed by atoms with van der Waals surface area (Å²) in [5.41, 5.74) is 0.908. The molecule has 1 aromatic rings. The van der Waals surface area contributed by atoms with Gasteiger partial charge in [-0.25, -0.2) is 0 Å². The third-order valence-electron chi connectivity index (χ3n) is 2.48. The predicted octanol–water partition coefficient (Wildman–Crippen LogP) is 3.76. The quantitative estimate of drug-likeness (QED) is 0.788. The fourth-order valence-electron chi connectivity index (χ4n) is 1.36. The van der Waals surface area contributed by atoms with E-state index in [2.05, 4.69) is 29.8 Å². The van der Waals surface area contributed by atoms with Crippen LogP contribution in [-0.2, 0) is 0 Å². The molecule has 86 valence electrons. The molecule has 0 aliphatic rings. The molecule has 0 amide bonds. The first kappa shape index (κ1) is 12.9. The number of hydrogen-bond acceptors (Lipinski definition) is 3. The number of anilines is 1. The second kappa shape index (κ2) is 5.81. The van der Waals surface area contributed by atoms with Crippen LogP contribution in [0.25, 0.3) is 0 Å². The number of rotatable bonds is 5. The molecule has 2 nitrogen and oxygen atoms in total. The van der Waals surface area contributed by atoms with E-state index in [0.29, 0.717) is 0 Å². The molecule has 0 bridgehead atoms. The molecule has 0 saturated carbocycles. The molecule has 16 heavy (non-hydrogen) atoms. The maximum absolute atomic E-state index is 8.91. The van der Waals surface area contributed by atoms with Crippen LogP contribution in [0.1, 0.15) is 20.3 Å². The van der Waals surface area contributed by atoms with E-state index in [0.717, 1.165) is 18.7 Å². The summed E-state index contributed by atoms with van der Waals surface area (Å²) in [4.78, 5) is 1.25. The molecule has 0 unspecified atom stereocenters. The van der Waals surface area contributed by atoms with Gasteiger partial charge in [-0.15, -0.1) is 11.8 Å². The third-order valence-corrected chi connectivity index (χ3v) is 3.27. The Labute approximate surface area is 102 Å². The largest absolute Gasteiger partial charge is 0.384 e. The lowest BCUT2D eigenvalue weighted by atomic mass is 9.91. The molecule has 0 radical (unpaired) electrons. The summed E-state index contributed by atoms with van der Waals surface area (Å²) in [7, 11) is 0. The Kier molecular flexibility index (Phi) is 4.70. The predicted molar refractivity (Wildman–Crippen MR) is 70.7 cm³/mol. The summed E-state index contributed by atoms with van der Waals surface area (Å²) < 4.78 is 0. The van der Waals surface area contributed by atoms with Gasteiger partial charge < -0.3 is 5.32 Å². The van der Waals surface area contributed by atoms with Gasteiger partial charge in [-0.2, -0.15) is 5.26 Å². The first-order chi connectivity index (χ1) is 7.59. The van der Waals surface area contributed by atoms with Crippen LogP contribution < -0.4 is 5.32 Å². The zero-order valence-electron chi connectivity index (χ0n) is 10.1. The zero-order chi connectivity index (χ0) is 12.0. The lowest BCUT2D eigenvalue weighted by molar-refractivity contribution is 0.466. The average Bonchev–Trinajstić information content (AvgIpc) is 2.29. The molecule has 1 rings (SSSR count). The summed E-state index contributed by atoms with van der Waals surface area (Å²) >= 11 is 1.73. The standard InChI is InChI=1S/C13H18N2S/c1-13(2,10-14)8-9-15-11-6-4-5-7-12(11)16-3/h4-7,15H,8-9H2,1-3H3. The van der Waals surface area contributed by atoms with Gasteiger partial charge in [-0.1, -0.05) is 12.1 Å². The minimum absolute atomic E-state index is 0.249. The van der Waals surface area contributed by atoms with Crippen LogP contribution in [0.2, 0.25) is 0 Å². The van der Waals surface area contributed by atoms with Crippen molar-refractivity contribution in [3.63, 3.8) is 0 Å². The summed E-state index contributed by atoms with van der Waals surface area (Å²) in [6.07, 6.45) is 2.92. The highest BCUT2D eigenvalue weighted by Gasteiger charge is 2.15. The molecular weight excluding hydrogens is 216 g/mol. The Balaban J connectivity index is 2.53. The van der Waals surface area contributed by atoms with Crippen molar-refractivity contribution in [2.75, 3.05) is 18.1 Å². The van der Waals surface area contributed by atoms with Gasteiger partial charge in [0, 0.05) is 17.1 Å². The summed E-state index contributed by atoms with van der Waals surface area (Å²) in [5, 5.41) is 12.3. The first-order valence-corrected chi connectivity index (χ1v) is 6.60. The van der Waals surface area contributed by atoms with Crippen LogP contribution in [0.3, 0.4) is 0 Å². The Morgan fingerprint density at radius 1 is 1.38 bits per heavy atom. The Hall–Kier alpha value is -1.14. The van der Waals surface area contributed by atoms with Gasteiger partial charge in [-0.3, -0.25) is 0 Å². The number of thioether (sulfide) groups is 1. The van der Waals surface area contributed by atoms with Crippen molar-refractivity contribution in [3.05, 3.63) is 24.3 Å². The minimum Gasteiger partial charge on any atom is -0.384 e. The van der Waals surface area contributed by atoms with Gasteiger partial charge in [-0.05, 0) is 38.7 Å². The van der Waals surface area contributed by atoms with Gasteiger partial charge >= 0.3 is 0 Å². The van der Waals surface area contributed by atoms with Crippen molar-refractivity contribution >= 4 is 17.4 Å². The number of nitrogens with zero attached hydrogens (tertiary/aromatic N) is 1. The number of para-hydroxylation sites is 1. The number of nitrogens with one attached hydrogen (secondary N) is 1. The zero-order valence-corrected chi connectivity index (χ0v) is 10.9. The van der Waals surface area contributed by atoms with Crippen LogP contribution in [0.5, 0.6) is 0 Å². The van der Waals surface area contributed by atoms with Crippen molar-refractivity contribution < 1.29 is 0 Å². The molecule has 0 fully saturated rings. The van der Waals surface area contributed by atoms with Crippen LogP contribution in [0.15, 0.2) is 29.2 Å². The van der Waals surface area contributed by atoms with E-state index >= 15 is 0 Å². The molecular formula is C13H18N2S. The summed E-state index contributed by atoms with van der Waals surface area (Å²) in [6, 6.07) is 10.5. The van der Waals surface area contributed by atoms with E-state index in [4.69, 9.17) is 5.26 Å². The number of benzene rings is 1. The molecule has 0 heterocycles. The average molecular weight is 234 g/mol. The molecule has 1 aromatic carbocycles. The van der Waals surface area contributed by atoms with E-state index in [1.165, 1.54) is 4.90 Å². The smallest absolute Gasteiger partial charge is 0.0684 e. The maximum Gasteiger partial charge on any atom is 0.0684 e. The van der Waals surface area contributed by atoms with Crippen molar-refractivity contribution in [3.8, 4) is 6.07 Å². The Morgan fingerprint density at radius 2 is 2.06 bits per heavy atom. The second-order valence-corrected chi connectivity index (χ2v) is 5.22. The Bertz CT molecular complexity index is 380. The fraction of sp³-hybridized carbons (Fsp3) is 0.462. The molecule has 0 spiro atoms. The number of nitriles is 1. The first-order valence-electron chi connectivity index (χ1n) is 5.37. The molecule has 0 aliphatic carbocycles. The van der Waals surface area contributed by atoms with E-state index < -0.39 is 0 Å². The second-order valence-electron chi connectivity index (χ2n) is 4.37. The number of hydrogen-bond donors (Lipinski definition) is 1. The van der Waals surface area contributed by atoms with E-state index in [1.807, 2.05) is 26.0 Å². The van der Waals surface area contributed by atoms with Crippen LogP contribution in [0.4, 0.5) is 5.69 Å². The van der Waals surface area contributed by atoms with Crippen molar-refractivity contribution in [1.82, 2.24) is 0 Å².